The minimum atomic E-state index is -0.537. The van der Waals surface area contributed by atoms with Gasteiger partial charge in [-0.3, -0.25) is 0 Å². The second-order valence-corrected chi connectivity index (χ2v) is 4.35. The van der Waals surface area contributed by atoms with Crippen LogP contribution in [0.2, 0.25) is 0 Å². The van der Waals surface area contributed by atoms with Gasteiger partial charge in [-0.1, -0.05) is 6.07 Å². The molecule has 16 heavy (non-hydrogen) atoms. The van der Waals surface area contributed by atoms with E-state index in [2.05, 4.69) is 0 Å². The Morgan fingerprint density at radius 2 is 2.06 bits per heavy atom. The quantitative estimate of drug-likeness (QED) is 0.859. The highest BCUT2D eigenvalue weighted by Gasteiger charge is 2.34. The number of aliphatic hydroxyl groups excluding tert-OH is 1. The van der Waals surface area contributed by atoms with E-state index in [1.165, 1.54) is 12.1 Å². The molecule has 0 radical (unpaired) electrons. The number of benzene rings is 1. The fourth-order valence-corrected chi connectivity index (χ4v) is 1.89. The van der Waals surface area contributed by atoms with Crippen LogP contribution < -0.4 is 5.73 Å². The van der Waals surface area contributed by atoms with E-state index in [-0.39, 0.29) is 18.2 Å². The average Bonchev–Trinajstić information content (AvgIpc) is 3.03. The number of halogens is 2. The van der Waals surface area contributed by atoms with Crippen LogP contribution in [-0.2, 0) is 0 Å². The van der Waals surface area contributed by atoms with Crippen molar-refractivity contribution in [3.05, 3.63) is 35.1 Å². The zero-order chi connectivity index (χ0) is 11.0. The summed E-state index contributed by atoms with van der Waals surface area (Å²) in [6.45, 7) is 1.88. The third-order valence-corrected chi connectivity index (χ3v) is 3.07. The van der Waals surface area contributed by atoms with Crippen LogP contribution in [0.3, 0.4) is 0 Å². The molecule has 2 rings (SSSR count). The van der Waals surface area contributed by atoms with E-state index in [0.29, 0.717) is 5.92 Å². The van der Waals surface area contributed by atoms with E-state index >= 15 is 0 Å². The minimum Gasteiger partial charge on any atom is -0.391 e. The fraction of sp³-hybridized carbons (Fsp3) is 0.500. The number of nitrogens with two attached hydrogens (primary N) is 1. The van der Waals surface area contributed by atoms with Crippen LogP contribution in [-0.4, -0.2) is 11.2 Å². The van der Waals surface area contributed by atoms with Gasteiger partial charge in [0.2, 0.25) is 0 Å². The molecule has 0 bridgehead atoms. The molecule has 0 saturated heterocycles. The maximum atomic E-state index is 13.1. The minimum absolute atomic E-state index is 0. The third-order valence-electron chi connectivity index (χ3n) is 3.07. The molecule has 0 heterocycles. The number of rotatable bonds is 3. The van der Waals surface area contributed by atoms with Gasteiger partial charge in [0.25, 0.3) is 0 Å². The van der Waals surface area contributed by atoms with Crippen molar-refractivity contribution in [2.24, 2.45) is 11.7 Å². The summed E-state index contributed by atoms with van der Waals surface area (Å²) < 4.78 is 13.1. The zero-order valence-corrected chi connectivity index (χ0v) is 10.0. The van der Waals surface area contributed by atoms with Gasteiger partial charge >= 0.3 is 0 Å². The van der Waals surface area contributed by atoms with E-state index in [1.54, 1.807) is 6.07 Å². The molecule has 4 heteroatoms. The van der Waals surface area contributed by atoms with E-state index < -0.39 is 12.1 Å². The molecule has 1 saturated carbocycles. The highest BCUT2D eigenvalue weighted by Crippen LogP contribution is 2.37. The molecule has 1 fully saturated rings. The van der Waals surface area contributed by atoms with Gasteiger partial charge in [0.1, 0.15) is 5.82 Å². The van der Waals surface area contributed by atoms with Crippen molar-refractivity contribution >= 4 is 12.4 Å². The predicted molar refractivity (Wildman–Crippen MR) is 64.0 cm³/mol. The van der Waals surface area contributed by atoms with Crippen LogP contribution in [0.1, 0.15) is 30.0 Å². The van der Waals surface area contributed by atoms with E-state index in [1.807, 2.05) is 6.92 Å². The number of hydrogen-bond acceptors (Lipinski definition) is 2. The molecule has 0 aromatic heterocycles. The molecular formula is C12H17ClFNO. The molecule has 2 atom stereocenters. The molecular weight excluding hydrogens is 229 g/mol. The SMILES string of the molecule is Cc1ccc(F)cc1[C@@H](N)[C@@H](O)C1CC1.Cl. The van der Waals surface area contributed by atoms with Crippen molar-refractivity contribution in [2.45, 2.75) is 31.9 Å². The molecule has 1 aromatic rings. The third kappa shape index (κ3) is 2.73. The van der Waals surface area contributed by atoms with Crippen molar-refractivity contribution in [3.8, 4) is 0 Å². The van der Waals surface area contributed by atoms with Crippen molar-refractivity contribution in [3.63, 3.8) is 0 Å². The van der Waals surface area contributed by atoms with Gasteiger partial charge in [0.15, 0.2) is 0 Å². The molecule has 0 amide bonds. The van der Waals surface area contributed by atoms with Crippen molar-refractivity contribution in [1.29, 1.82) is 0 Å². The highest BCUT2D eigenvalue weighted by atomic mass is 35.5. The Balaban J connectivity index is 0.00000128. The Hall–Kier alpha value is -0.640. The lowest BCUT2D eigenvalue weighted by atomic mass is 9.95. The van der Waals surface area contributed by atoms with Crippen LogP contribution in [0.15, 0.2) is 18.2 Å². The maximum Gasteiger partial charge on any atom is 0.123 e. The summed E-state index contributed by atoms with van der Waals surface area (Å²) in [5.74, 6) is 0.0108. The van der Waals surface area contributed by atoms with Crippen LogP contribution >= 0.6 is 12.4 Å². The van der Waals surface area contributed by atoms with Crippen LogP contribution in [0.4, 0.5) is 4.39 Å². The van der Waals surface area contributed by atoms with Crippen LogP contribution in [0.5, 0.6) is 0 Å². The molecule has 1 aliphatic rings. The summed E-state index contributed by atoms with van der Waals surface area (Å²) in [7, 11) is 0. The van der Waals surface area contributed by atoms with Gasteiger partial charge in [-0.2, -0.15) is 0 Å². The lowest BCUT2D eigenvalue weighted by Gasteiger charge is -2.20. The summed E-state index contributed by atoms with van der Waals surface area (Å²) in [4.78, 5) is 0. The van der Waals surface area contributed by atoms with Crippen LogP contribution in [0, 0.1) is 18.7 Å². The first-order valence-electron chi connectivity index (χ1n) is 5.29. The van der Waals surface area contributed by atoms with E-state index in [0.717, 1.165) is 24.0 Å². The van der Waals surface area contributed by atoms with Crippen LogP contribution in [0.25, 0.3) is 0 Å². The monoisotopic (exact) mass is 245 g/mol. The topological polar surface area (TPSA) is 46.2 Å². The fourth-order valence-electron chi connectivity index (χ4n) is 1.89. The highest BCUT2D eigenvalue weighted by molar-refractivity contribution is 5.85. The molecule has 0 unspecified atom stereocenters. The van der Waals surface area contributed by atoms with Gasteiger partial charge in [-0.05, 0) is 48.9 Å². The molecule has 1 aromatic carbocycles. The standard InChI is InChI=1S/C12H16FNO.ClH/c1-7-2-5-9(13)6-10(7)11(14)12(15)8-3-4-8;/h2,5-6,8,11-12,15H,3-4,14H2,1H3;1H/t11-,12+;/m1./s1. The van der Waals surface area contributed by atoms with Gasteiger partial charge in [-0.25, -0.2) is 4.39 Å². The van der Waals surface area contributed by atoms with Gasteiger partial charge < -0.3 is 10.8 Å². The first-order valence-corrected chi connectivity index (χ1v) is 5.29. The zero-order valence-electron chi connectivity index (χ0n) is 9.19. The van der Waals surface area contributed by atoms with E-state index in [9.17, 15) is 9.50 Å². The Kier molecular flexibility index (Phi) is 4.30. The average molecular weight is 246 g/mol. The van der Waals surface area contributed by atoms with Crippen molar-refractivity contribution in [2.75, 3.05) is 0 Å². The normalized spacial score (nSPS) is 18.8. The lowest BCUT2D eigenvalue weighted by molar-refractivity contribution is 0.122. The summed E-state index contributed by atoms with van der Waals surface area (Å²) >= 11 is 0. The lowest BCUT2D eigenvalue weighted by Crippen LogP contribution is -2.28. The Morgan fingerprint density at radius 3 is 2.62 bits per heavy atom. The largest absolute Gasteiger partial charge is 0.391 e. The second kappa shape index (κ2) is 5.13. The summed E-state index contributed by atoms with van der Waals surface area (Å²) in [5, 5.41) is 9.88. The second-order valence-electron chi connectivity index (χ2n) is 4.35. The molecule has 3 N–H and O–H groups in total. The summed E-state index contributed by atoms with van der Waals surface area (Å²) in [6.07, 6.45) is 1.53. The summed E-state index contributed by atoms with van der Waals surface area (Å²) in [5.41, 5.74) is 7.58. The van der Waals surface area contributed by atoms with Gasteiger partial charge in [-0.15, -0.1) is 12.4 Å². The number of hydrogen-bond donors (Lipinski definition) is 2. The van der Waals surface area contributed by atoms with Gasteiger partial charge in [0.05, 0.1) is 12.1 Å². The molecule has 1 aliphatic carbocycles. The Labute approximate surface area is 101 Å². The first-order chi connectivity index (χ1) is 7.09. The summed E-state index contributed by atoms with van der Waals surface area (Å²) in [6, 6.07) is 4.07. The van der Waals surface area contributed by atoms with Crippen molar-refractivity contribution in [1.82, 2.24) is 0 Å². The molecule has 0 aliphatic heterocycles. The number of aryl methyl sites for hydroxylation is 1. The molecule has 0 spiro atoms. The van der Waals surface area contributed by atoms with Crippen molar-refractivity contribution < 1.29 is 9.50 Å². The Bertz CT molecular complexity index is 368. The van der Waals surface area contributed by atoms with E-state index in [4.69, 9.17) is 5.73 Å². The first kappa shape index (κ1) is 13.4. The van der Waals surface area contributed by atoms with Gasteiger partial charge in [0, 0.05) is 0 Å². The molecule has 2 nitrogen and oxygen atoms in total. The Morgan fingerprint density at radius 1 is 1.44 bits per heavy atom. The number of aliphatic hydroxyl groups is 1. The smallest absolute Gasteiger partial charge is 0.123 e. The maximum absolute atomic E-state index is 13.1. The predicted octanol–water partition coefficient (Wildman–Crippen LogP) is 2.33. The molecule has 90 valence electrons.